The van der Waals surface area contributed by atoms with E-state index in [1.54, 1.807) is 0 Å². The number of benzene rings is 1. The van der Waals surface area contributed by atoms with Crippen LogP contribution >= 0.6 is 0 Å². The molecule has 1 unspecified atom stereocenters. The normalized spacial score (nSPS) is 12.7. The van der Waals surface area contributed by atoms with Crippen LogP contribution in [0.15, 0.2) is 30.5 Å². The van der Waals surface area contributed by atoms with E-state index in [0.717, 1.165) is 23.4 Å². The first-order valence-electron chi connectivity index (χ1n) is 6.10. The third-order valence-corrected chi connectivity index (χ3v) is 3.20. The minimum absolute atomic E-state index is 0.0595. The van der Waals surface area contributed by atoms with Gasteiger partial charge in [-0.15, -0.1) is 0 Å². The molecule has 1 aromatic heterocycles. The molecule has 4 heteroatoms. The summed E-state index contributed by atoms with van der Waals surface area (Å²) in [6.07, 6.45) is 1.87. The molecule has 2 rings (SSSR count). The van der Waals surface area contributed by atoms with E-state index in [1.165, 1.54) is 12.1 Å². The van der Waals surface area contributed by atoms with Gasteiger partial charge >= 0.3 is 0 Å². The van der Waals surface area contributed by atoms with Gasteiger partial charge < -0.3 is 5.32 Å². The Morgan fingerprint density at radius 2 is 2.00 bits per heavy atom. The zero-order valence-corrected chi connectivity index (χ0v) is 10.9. The van der Waals surface area contributed by atoms with Crippen molar-refractivity contribution >= 4 is 0 Å². The van der Waals surface area contributed by atoms with Gasteiger partial charge in [0.2, 0.25) is 0 Å². The summed E-state index contributed by atoms with van der Waals surface area (Å²) >= 11 is 0. The lowest BCUT2D eigenvalue weighted by Gasteiger charge is -2.18. The molecule has 1 atom stereocenters. The molecular weight excluding hydrogens is 229 g/mol. The van der Waals surface area contributed by atoms with Gasteiger partial charge in [0.1, 0.15) is 5.82 Å². The maximum atomic E-state index is 13.0. The number of halogens is 1. The predicted molar refractivity (Wildman–Crippen MR) is 69.9 cm³/mol. The lowest BCUT2D eigenvalue weighted by Crippen LogP contribution is -2.22. The molecule has 0 radical (unpaired) electrons. The average Bonchev–Trinajstić information content (AvgIpc) is 2.69. The molecule has 0 saturated heterocycles. The van der Waals surface area contributed by atoms with Crippen molar-refractivity contribution in [1.82, 2.24) is 15.1 Å². The van der Waals surface area contributed by atoms with E-state index in [-0.39, 0.29) is 11.9 Å². The summed E-state index contributed by atoms with van der Waals surface area (Å²) in [5.41, 5.74) is 3.30. The van der Waals surface area contributed by atoms with Gasteiger partial charge in [-0.3, -0.25) is 4.68 Å². The molecule has 1 N–H and O–H groups in total. The van der Waals surface area contributed by atoms with Gasteiger partial charge in [0.25, 0.3) is 0 Å². The molecule has 0 spiro atoms. The molecule has 2 aromatic rings. The van der Waals surface area contributed by atoms with Gasteiger partial charge in [0.15, 0.2) is 0 Å². The largest absolute Gasteiger partial charge is 0.306 e. The minimum Gasteiger partial charge on any atom is -0.306 e. The SMILES string of the molecule is CCNC(c1ccc(F)cc1)c1cnn(C)c1C. The molecule has 0 bridgehead atoms. The molecule has 1 aromatic carbocycles. The smallest absolute Gasteiger partial charge is 0.123 e. The Balaban J connectivity index is 2.39. The molecule has 0 saturated carbocycles. The fourth-order valence-corrected chi connectivity index (χ4v) is 2.07. The maximum absolute atomic E-state index is 13.0. The highest BCUT2D eigenvalue weighted by Gasteiger charge is 2.17. The standard InChI is InChI=1S/C14H18FN3/c1-4-16-14(11-5-7-12(15)8-6-11)13-9-17-18(3)10(13)2/h5-9,14,16H,4H2,1-3H3. The van der Waals surface area contributed by atoms with Crippen LogP contribution < -0.4 is 5.32 Å². The second-order valence-corrected chi connectivity index (χ2v) is 4.35. The fourth-order valence-electron chi connectivity index (χ4n) is 2.07. The van der Waals surface area contributed by atoms with Crippen molar-refractivity contribution in [2.45, 2.75) is 19.9 Å². The first-order valence-corrected chi connectivity index (χ1v) is 6.10. The lowest BCUT2D eigenvalue weighted by atomic mass is 9.99. The van der Waals surface area contributed by atoms with Crippen LogP contribution in [0.2, 0.25) is 0 Å². The number of nitrogens with zero attached hydrogens (tertiary/aromatic N) is 2. The summed E-state index contributed by atoms with van der Waals surface area (Å²) in [7, 11) is 1.92. The molecule has 18 heavy (non-hydrogen) atoms. The molecule has 3 nitrogen and oxygen atoms in total. The maximum Gasteiger partial charge on any atom is 0.123 e. The Kier molecular flexibility index (Phi) is 3.77. The van der Waals surface area contributed by atoms with Crippen molar-refractivity contribution in [2.75, 3.05) is 6.54 Å². The summed E-state index contributed by atoms with van der Waals surface area (Å²) in [5.74, 6) is -0.211. The predicted octanol–water partition coefficient (Wildman–Crippen LogP) is 2.57. The Morgan fingerprint density at radius 1 is 1.33 bits per heavy atom. The Labute approximate surface area is 107 Å². The summed E-state index contributed by atoms with van der Waals surface area (Å²) in [6.45, 7) is 4.94. The van der Waals surface area contributed by atoms with E-state index < -0.39 is 0 Å². The monoisotopic (exact) mass is 247 g/mol. The molecule has 0 fully saturated rings. The third kappa shape index (κ3) is 2.43. The van der Waals surface area contributed by atoms with E-state index in [4.69, 9.17) is 0 Å². The molecule has 0 aliphatic heterocycles. The van der Waals surface area contributed by atoms with Gasteiger partial charge in [0.05, 0.1) is 12.2 Å². The van der Waals surface area contributed by atoms with Crippen LogP contribution in [0.1, 0.15) is 29.8 Å². The summed E-state index contributed by atoms with van der Waals surface area (Å²) < 4.78 is 14.8. The number of aryl methyl sites for hydroxylation is 1. The summed E-state index contributed by atoms with van der Waals surface area (Å²) in [4.78, 5) is 0. The topological polar surface area (TPSA) is 29.9 Å². The summed E-state index contributed by atoms with van der Waals surface area (Å²) in [6, 6.07) is 6.67. The highest BCUT2D eigenvalue weighted by Crippen LogP contribution is 2.24. The Hall–Kier alpha value is -1.68. The minimum atomic E-state index is -0.211. The van der Waals surface area contributed by atoms with E-state index in [0.29, 0.717) is 0 Å². The number of nitrogens with one attached hydrogen (secondary N) is 1. The second-order valence-electron chi connectivity index (χ2n) is 4.35. The van der Waals surface area contributed by atoms with E-state index >= 15 is 0 Å². The Bertz CT molecular complexity index is 516. The molecule has 0 aliphatic rings. The van der Waals surface area contributed by atoms with Crippen molar-refractivity contribution in [1.29, 1.82) is 0 Å². The highest BCUT2D eigenvalue weighted by atomic mass is 19.1. The quantitative estimate of drug-likeness (QED) is 0.900. The van der Waals surface area contributed by atoms with E-state index in [2.05, 4.69) is 17.3 Å². The molecule has 1 heterocycles. The first kappa shape index (κ1) is 12.8. The van der Waals surface area contributed by atoms with Crippen LogP contribution in [0.4, 0.5) is 4.39 Å². The van der Waals surface area contributed by atoms with Gasteiger partial charge in [-0.2, -0.15) is 5.10 Å². The van der Waals surface area contributed by atoms with Gasteiger partial charge in [-0.05, 0) is 31.2 Å². The van der Waals surface area contributed by atoms with Crippen molar-refractivity contribution in [2.24, 2.45) is 7.05 Å². The van der Waals surface area contributed by atoms with Crippen LogP contribution in [-0.4, -0.2) is 16.3 Å². The van der Waals surface area contributed by atoms with Gasteiger partial charge in [0, 0.05) is 18.3 Å². The molecular formula is C14H18FN3. The molecule has 96 valence electrons. The molecule has 0 aliphatic carbocycles. The van der Waals surface area contributed by atoms with Gasteiger partial charge in [-0.1, -0.05) is 19.1 Å². The lowest BCUT2D eigenvalue weighted by molar-refractivity contribution is 0.611. The van der Waals surface area contributed by atoms with Gasteiger partial charge in [-0.25, -0.2) is 4.39 Å². The Morgan fingerprint density at radius 3 is 2.50 bits per heavy atom. The fraction of sp³-hybridized carbons (Fsp3) is 0.357. The van der Waals surface area contributed by atoms with E-state index in [9.17, 15) is 4.39 Å². The second kappa shape index (κ2) is 5.31. The van der Waals surface area contributed by atoms with Crippen molar-refractivity contribution < 1.29 is 4.39 Å². The van der Waals surface area contributed by atoms with Crippen molar-refractivity contribution in [3.8, 4) is 0 Å². The zero-order chi connectivity index (χ0) is 13.1. The summed E-state index contributed by atoms with van der Waals surface area (Å²) in [5, 5.41) is 7.68. The number of aromatic nitrogens is 2. The van der Waals surface area contributed by atoms with Crippen LogP contribution in [0, 0.1) is 12.7 Å². The third-order valence-electron chi connectivity index (χ3n) is 3.20. The van der Waals surface area contributed by atoms with Crippen molar-refractivity contribution in [3.05, 3.63) is 53.1 Å². The van der Waals surface area contributed by atoms with E-state index in [1.807, 2.05) is 37.0 Å². The van der Waals surface area contributed by atoms with Crippen LogP contribution in [0.5, 0.6) is 0 Å². The van der Waals surface area contributed by atoms with Crippen LogP contribution in [-0.2, 0) is 7.05 Å². The number of hydrogen-bond acceptors (Lipinski definition) is 2. The average molecular weight is 247 g/mol. The first-order chi connectivity index (χ1) is 8.63. The zero-order valence-electron chi connectivity index (χ0n) is 10.9. The number of hydrogen-bond donors (Lipinski definition) is 1. The molecule has 0 amide bonds. The highest BCUT2D eigenvalue weighted by molar-refractivity contribution is 5.33. The number of rotatable bonds is 4. The van der Waals surface area contributed by atoms with Crippen molar-refractivity contribution in [3.63, 3.8) is 0 Å². The van der Waals surface area contributed by atoms with Crippen LogP contribution in [0.25, 0.3) is 0 Å². The van der Waals surface area contributed by atoms with Crippen LogP contribution in [0.3, 0.4) is 0 Å².